The molecule has 3 nitrogen and oxygen atoms in total. The van der Waals surface area contributed by atoms with Crippen molar-refractivity contribution in [3.8, 4) is 6.07 Å². The molecule has 92 valence electrons. The molecule has 0 aliphatic carbocycles. The van der Waals surface area contributed by atoms with E-state index in [-0.39, 0.29) is 6.54 Å². The lowest BCUT2D eigenvalue weighted by Crippen LogP contribution is -2.33. The van der Waals surface area contributed by atoms with Gasteiger partial charge in [-0.3, -0.25) is 4.98 Å². The Morgan fingerprint density at radius 1 is 1.41 bits per heavy atom. The fraction of sp³-hybridized carbons (Fsp3) is 0.455. The van der Waals surface area contributed by atoms with E-state index in [0.717, 1.165) is 5.69 Å². The largest absolute Gasteiger partial charge is 0.405 e. The van der Waals surface area contributed by atoms with Gasteiger partial charge in [0.25, 0.3) is 0 Å². The Balaban J connectivity index is 2.27. The maximum Gasteiger partial charge on any atom is 0.405 e. The molecule has 0 bridgehead atoms. The zero-order chi connectivity index (χ0) is 12.7. The van der Waals surface area contributed by atoms with E-state index in [4.69, 9.17) is 5.26 Å². The van der Waals surface area contributed by atoms with Crippen LogP contribution in [0.1, 0.15) is 5.69 Å². The molecule has 1 atom stereocenters. The quantitative estimate of drug-likeness (QED) is 0.804. The third-order valence-corrected chi connectivity index (χ3v) is 2.18. The van der Waals surface area contributed by atoms with E-state index >= 15 is 0 Å². The Morgan fingerprint density at radius 3 is 2.71 bits per heavy atom. The van der Waals surface area contributed by atoms with Crippen LogP contribution in [0.5, 0.6) is 0 Å². The summed E-state index contributed by atoms with van der Waals surface area (Å²) in [4.78, 5) is 4.04. The number of pyridine rings is 1. The first-order valence-electron chi connectivity index (χ1n) is 5.11. The van der Waals surface area contributed by atoms with Crippen LogP contribution in [0.3, 0.4) is 0 Å². The minimum Gasteiger partial charge on any atom is -0.315 e. The van der Waals surface area contributed by atoms with Crippen LogP contribution in [0.4, 0.5) is 13.2 Å². The first-order valence-corrected chi connectivity index (χ1v) is 5.11. The fourth-order valence-corrected chi connectivity index (χ4v) is 1.24. The van der Waals surface area contributed by atoms with Crippen molar-refractivity contribution in [2.75, 3.05) is 13.1 Å². The van der Waals surface area contributed by atoms with Crippen LogP contribution >= 0.6 is 0 Å². The molecule has 1 heterocycles. The second kappa shape index (κ2) is 6.21. The molecule has 0 aliphatic rings. The summed E-state index contributed by atoms with van der Waals surface area (Å²) >= 11 is 0. The van der Waals surface area contributed by atoms with Crippen LogP contribution in [-0.4, -0.2) is 24.2 Å². The van der Waals surface area contributed by atoms with Crippen molar-refractivity contribution >= 4 is 0 Å². The summed E-state index contributed by atoms with van der Waals surface area (Å²) < 4.78 is 36.6. The summed E-state index contributed by atoms with van der Waals surface area (Å²) in [6.07, 6.45) is -2.30. The third kappa shape index (κ3) is 4.83. The highest BCUT2D eigenvalue weighted by Gasteiger charge is 2.39. The monoisotopic (exact) mass is 243 g/mol. The highest BCUT2D eigenvalue weighted by atomic mass is 19.4. The molecule has 0 amide bonds. The van der Waals surface area contributed by atoms with Crippen LogP contribution in [-0.2, 0) is 6.42 Å². The molecule has 0 spiro atoms. The number of halogens is 3. The van der Waals surface area contributed by atoms with Crippen molar-refractivity contribution in [1.82, 2.24) is 10.3 Å². The molecule has 1 aromatic rings. The number of nitrogens with one attached hydrogen (secondary N) is 1. The van der Waals surface area contributed by atoms with Crippen LogP contribution in [0.25, 0.3) is 0 Å². The summed E-state index contributed by atoms with van der Waals surface area (Å²) in [6.45, 7) is -0.0158. The molecule has 0 saturated heterocycles. The Labute approximate surface area is 97.3 Å². The molecule has 1 aromatic heterocycles. The number of nitriles is 1. The highest BCUT2D eigenvalue weighted by Crippen LogP contribution is 2.24. The normalized spacial score (nSPS) is 13.1. The number of rotatable bonds is 5. The summed E-state index contributed by atoms with van der Waals surface area (Å²) in [5, 5.41) is 11.0. The second-order valence-corrected chi connectivity index (χ2v) is 3.50. The first-order chi connectivity index (χ1) is 8.04. The van der Waals surface area contributed by atoms with Gasteiger partial charge in [-0.2, -0.15) is 18.4 Å². The summed E-state index contributed by atoms with van der Waals surface area (Å²) in [6, 6.07) is 6.62. The smallest absolute Gasteiger partial charge is 0.315 e. The van der Waals surface area contributed by atoms with Gasteiger partial charge in [-0.05, 0) is 12.1 Å². The van der Waals surface area contributed by atoms with Gasteiger partial charge in [-0.1, -0.05) is 6.07 Å². The summed E-state index contributed by atoms with van der Waals surface area (Å²) in [5.41, 5.74) is 0.806. The molecule has 6 heteroatoms. The molecule has 0 radical (unpaired) electrons. The van der Waals surface area contributed by atoms with E-state index in [1.54, 1.807) is 18.3 Å². The molecular weight excluding hydrogens is 231 g/mol. The van der Waals surface area contributed by atoms with E-state index in [0.29, 0.717) is 13.0 Å². The predicted octanol–water partition coefficient (Wildman–Crippen LogP) is 1.92. The summed E-state index contributed by atoms with van der Waals surface area (Å²) in [7, 11) is 0. The third-order valence-electron chi connectivity index (χ3n) is 2.18. The molecule has 1 N–H and O–H groups in total. The average molecular weight is 243 g/mol. The molecular formula is C11H12F3N3. The zero-order valence-electron chi connectivity index (χ0n) is 9.04. The van der Waals surface area contributed by atoms with Gasteiger partial charge in [0.2, 0.25) is 0 Å². The minimum absolute atomic E-state index is 0.366. The van der Waals surface area contributed by atoms with Crippen molar-refractivity contribution in [2.45, 2.75) is 12.6 Å². The Kier molecular flexibility index (Phi) is 4.91. The molecule has 1 unspecified atom stereocenters. The topological polar surface area (TPSA) is 48.7 Å². The second-order valence-electron chi connectivity index (χ2n) is 3.50. The van der Waals surface area contributed by atoms with Crippen LogP contribution in [0, 0.1) is 17.2 Å². The number of hydrogen-bond donors (Lipinski definition) is 1. The first kappa shape index (κ1) is 13.5. The molecule has 0 fully saturated rings. The van der Waals surface area contributed by atoms with Gasteiger partial charge in [0.05, 0.1) is 6.07 Å². The predicted molar refractivity (Wildman–Crippen MR) is 56.0 cm³/mol. The number of alkyl halides is 3. The molecule has 0 aromatic carbocycles. The van der Waals surface area contributed by atoms with Crippen LogP contribution in [0.2, 0.25) is 0 Å². The molecule has 17 heavy (non-hydrogen) atoms. The van der Waals surface area contributed by atoms with E-state index in [9.17, 15) is 13.2 Å². The maximum absolute atomic E-state index is 12.2. The maximum atomic E-state index is 12.2. The van der Waals surface area contributed by atoms with Crippen molar-refractivity contribution in [1.29, 1.82) is 5.26 Å². The Bertz CT molecular complexity index is 370. The van der Waals surface area contributed by atoms with E-state index in [1.165, 1.54) is 6.07 Å². The van der Waals surface area contributed by atoms with E-state index < -0.39 is 12.1 Å². The standard InChI is InChI=1S/C11H12F3N3/c12-11(13,14)9(7-15)8-16-6-4-10-3-1-2-5-17-10/h1-3,5,9,16H,4,6,8H2. The van der Waals surface area contributed by atoms with Gasteiger partial charge in [-0.15, -0.1) is 0 Å². The van der Waals surface area contributed by atoms with E-state index in [1.807, 2.05) is 6.07 Å². The zero-order valence-corrected chi connectivity index (χ0v) is 9.04. The fourth-order valence-electron chi connectivity index (χ4n) is 1.24. The highest BCUT2D eigenvalue weighted by molar-refractivity contribution is 5.03. The number of hydrogen-bond acceptors (Lipinski definition) is 3. The van der Waals surface area contributed by atoms with Gasteiger partial charge in [0.1, 0.15) is 0 Å². The van der Waals surface area contributed by atoms with Crippen molar-refractivity contribution < 1.29 is 13.2 Å². The van der Waals surface area contributed by atoms with Crippen molar-refractivity contribution in [3.63, 3.8) is 0 Å². The van der Waals surface area contributed by atoms with Crippen molar-refractivity contribution in [3.05, 3.63) is 30.1 Å². The lowest BCUT2D eigenvalue weighted by molar-refractivity contribution is -0.157. The van der Waals surface area contributed by atoms with Gasteiger partial charge < -0.3 is 5.32 Å². The Morgan fingerprint density at radius 2 is 2.18 bits per heavy atom. The minimum atomic E-state index is -4.47. The van der Waals surface area contributed by atoms with E-state index in [2.05, 4.69) is 10.3 Å². The number of nitrogens with zero attached hydrogens (tertiary/aromatic N) is 2. The van der Waals surface area contributed by atoms with Gasteiger partial charge >= 0.3 is 6.18 Å². The average Bonchev–Trinajstić information content (AvgIpc) is 2.28. The van der Waals surface area contributed by atoms with Gasteiger partial charge in [0.15, 0.2) is 5.92 Å². The lowest BCUT2D eigenvalue weighted by atomic mass is 10.1. The Hall–Kier alpha value is -1.61. The SMILES string of the molecule is N#CC(CNCCc1ccccn1)C(F)(F)F. The molecule has 0 saturated carbocycles. The van der Waals surface area contributed by atoms with Crippen LogP contribution < -0.4 is 5.32 Å². The lowest BCUT2D eigenvalue weighted by Gasteiger charge is -2.13. The number of aromatic nitrogens is 1. The molecule has 1 rings (SSSR count). The van der Waals surface area contributed by atoms with Gasteiger partial charge in [0, 0.05) is 31.4 Å². The van der Waals surface area contributed by atoms with Crippen molar-refractivity contribution in [2.24, 2.45) is 5.92 Å². The van der Waals surface area contributed by atoms with Gasteiger partial charge in [-0.25, -0.2) is 0 Å². The summed E-state index contributed by atoms with van der Waals surface area (Å²) in [5.74, 6) is -1.95. The van der Waals surface area contributed by atoms with Crippen LogP contribution in [0.15, 0.2) is 24.4 Å². The molecule has 0 aliphatic heterocycles.